The van der Waals surface area contributed by atoms with Crippen LogP contribution in [0.15, 0.2) is 29.2 Å². The van der Waals surface area contributed by atoms with E-state index < -0.39 is 22.0 Å². The number of hydrogen-bond acceptors (Lipinski definition) is 7. The minimum atomic E-state index is -3.48. The zero-order chi connectivity index (χ0) is 20.5. The molecule has 2 aliphatic rings. The van der Waals surface area contributed by atoms with Gasteiger partial charge in [0.05, 0.1) is 9.77 Å². The van der Waals surface area contributed by atoms with E-state index >= 15 is 0 Å². The van der Waals surface area contributed by atoms with Crippen LogP contribution >= 0.6 is 11.8 Å². The van der Waals surface area contributed by atoms with Gasteiger partial charge in [0.25, 0.3) is 0 Å². The maximum Gasteiger partial charge on any atom is 0.329 e. The Morgan fingerprint density at radius 2 is 1.96 bits per heavy atom. The van der Waals surface area contributed by atoms with E-state index in [0.29, 0.717) is 17.9 Å². The summed E-state index contributed by atoms with van der Waals surface area (Å²) in [5.74, 6) is 0.609. The first-order chi connectivity index (χ1) is 13.1. The Kier molecular flexibility index (Phi) is 5.92. The zero-order valence-corrected chi connectivity index (χ0v) is 17.7. The number of hydrogen-bond donors (Lipinski definition) is 0. The number of amides is 1. The van der Waals surface area contributed by atoms with Gasteiger partial charge in [0.1, 0.15) is 25.0 Å². The molecular weight excluding hydrogens is 404 g/mol. The molecule has 1 amide bonds. The molecule has 0 bridgehead atoms. The molecule has 2 aliphatic heterocycles. The lowest BCUT2D eigenvalue weighted by atomic mass is 10.2. The average Bonchev–Trinajstić information content (AvgIpc) is 3.15. The standard InChI is InChI=1S/C18H24N2O6S2/c1-18-9-8-16(21)20(18)15(12-27-18)17(22)26-11-10-25-13-4-6-14(7-5-13)28(23,24)19(2)3/h4-7,15H,8-12H2,1-3H3/t15-,18-/m1/s1. The number of carbonyl (C=O) groups is 2. The third-order valence-corrected chi connectivity index (χ3v) is 8.25. The number of nitrogens with zero attached hydrogens (tertiary/aromatic N) is 2. The summed E-state index contributed by atoms with van der Waals surface area (Å²) in [4.78, 5) is 25.9. The van der Waals surface area contributed by atoms with Crippen molar-refractivity contribution in [3.63, 3.8) is 0 Å². The van der Waals surface area contributed by atoms with Gasteiger partial charge in [-0.1, -0.05) is 0 Å². The van der Waals surface area contributed by atoms with Crippen LogP contribution in [0.3, 0.4) is 0 Å². The lowest BCUT2D eigenvalue weighted by molar-refractivity contribution is -0.154. The maximum atomic E-state index is 12.3. The molecular formula is C18H24N2O6S2. The SMILES string of the molecule is CN(C)S(=O)(=O)c1ccc(OCCOC(=O)[C@H]2CS[C@]3(C)CCC(=O)N23)cc1. The number of ether oxygens (including phenoxy) is 2. The first-order valence-electron chi connectivity index (χ1n) is 8.93. The Labute approximate surface area is 169 Å². The summed E-state index contributed by atoms with van der Waals surface area (Å²) in [6.07, 6.45) is 1.22. The number of benzene rings is 1. The molecule has 8 nitrogen and oxygen atoms in total. The quantitative estimate of drug-likeness (QED) is 0.477. The predicted octanol–water partition coefficient (Wildman–Crippen LogP) is 1.31. The summed E-state index contributed by atoms with van der Waals surface area (Å²) in [6, 6.07) is 5.50. The van der Waals surface area contributed by atoms with Crippen LogP contribution < -0.4 is 4.74 Å². The summed E-state index contributed by atoms with van der Waals surface area (Å²) < 4.78 is 36.0. The van der Waals surface area contributed by atoms with Crippen molar-refractivity contribution in [3.05, 3.63) is 24.3 Å². The van der Waals surface area contributed by atoms with Crippen LogP contribution in [0.4, 0.5) is 0 Å². The minimum absolute atomic E-state index is 0.00142. The second-order valence-electron chi connectivity index (χ2n) is 7.04. The van der Waals surface area contributed by atoms with Gasteiger partial charge in [-0.2, -0.15) is 0 Å². The van der Waals surface area contributed by atoms with Gasteiger partial charge in [-0.05, 0) is 37.6 Å². The fourth-order valence-corrected chi connectivity index (χ4v) is 5.63. The molecule has 28 heavy (non-hydrogen) atoms. The fourth-order valence-electron chi connectivity index (χ4n) is 3.31. The average molecular weight is 429 g/mol. The van der Waals surface area contributed by atoms with Crippen molar-refractivity contribution in [3.8, 4) is 5.75 Å². The lowest BCUT2D eigenvalue weighted by Gasteiger charge is -2.29. The van der Waals surface area contributed by atoms with E-state index in [1.165, 1.54) is 26.2 Å². The molecule has 3 rings (SSSR count). The van der Waals surface area contributed by atoms with E-state index in [9.17, 15) is 18.0 Å². The molecule has 1 aromatic carbocycles. The molecule has 0 N–H and O–H groups in total. The van der Waals surface area contributed by atoms with E-state index in [1.54, 1.807) is 28.8 Å². The van der Waals surface area contributed by atoms with Gasteiger partial charge in [-0.25, -0.2) is 17.5 Å². The highest BCUT2D eigenvalue weighted by molar-refractivity contribution is 8.01. The van der Waals surface area contributed by atoms with Crippen LogP contribution in [0.25, 0.3) is 0 Å². The highest BCUT2D eigenvalue weighted by atomic mass is 32.2. The molecule has 0 spiro atoms. The van der Waals surface area contributed by atoms with Crippen molar-refractivity contribution < 1.29 is 27.5 Å². The summed E-state index contributed by atoms with van der Waals surface area (Å²) in [7, 11) is -0.547. The number of thioether (sulfide) groups is 1. The van der Waals surface area contributed by atoms with E-state index in [0.717, 1.165) is 10.7 Å². The molecule has 2 saturated heterocycles. The highest BCUT2D eigenvalue weighted by Gasteiger charge is 2.53. The molecule has 0 aromatic heterocycles. The molecule has 1 aromatic rings. The van der Waals surface area contributed by atoms with E-state index in [-0.39, 0.29) is 28.9 Å². The molecule has 0 aliphatic carbocycles. The van der Waals surface area contributed by atoms with Crippen molar-refractivity contribution >= 4 is 33.7 Å². The number of carbonyl (C=O) groups excluding carboxylic acids is 2. The lowest BCUT2D eigenvalue weighted by Crippen LogP contribution is -2.46. The van der Waals surface area contributed by atoms with E-state index in [1.807, 2.05) is 6.92 Å². The second-order valence-corrected chi connectivity index (χ2v) is 10.7. The van der Waals surface area contributed by atoms with Crippen LogP contribution in [0.2, 0.25) is 0 Å². The smallest absolute Gasteiger partial charge is 0.329 e. The zero-order valence-electron chi connectivity index (χ0n) is 16.1. The van der Waals surface area contributed by atoms with Gasteiger partial charge < -0.3 is 14.4 Å². The Bertz CT molecular complexity index is 855. The normalized spacial score (nSPS) is 24.5. The largest absolute Gasteiger partial charge is 0.490 e. The summed E-state index contributed by atoms with van der Waals surface area (Å²) in [5, 5.41) is 0. The Morgan fingerprint density at radius 3 is 2.61 bits per heavy atom. The Morgan fingerprint density at radius 1 is 1.29 bits per heavy atom. The Balaban J connectivity index is 1.47. The van der Waals surface area contributed by atoms with Gasteiger partial charge >= 0.3 is 5.97 Å². The second kappa shape index (κ2) is 7.92. The number of fused-ring (bicyclic) bond motifs is 1. The molecule has 10 heteroatoms. The summed E-state index contributed by atoms with van der Waals surface area (Å²) in [6.45, 7) is 2.17. The number of esters is 1. The number of rotatable bonds is 7. The highest BCUT2D eigenvalue weighted by Crippen LogP contribution is 2.47. The molecule has 0 unspecified atom stereocenters. The first kappa shape index (κ1) is 20.9. The van der Waals surface area contributed by atoms with Gasteiger partial charge in [-0.15, -0.1) is 11.8 Å². The van der Waals surface area contributed by atoms with Crippen LogP contribution in [0, 0.1) is 0 Å². The predicted molar refractivity (Wildman–Crippen MR) is 104 cm³/mol. The van der Waals surface area contributed by atoms with Gasteiger partial charge in [0, 0.05) is 26.3 Å². The summed E-state index contributed by atoms with van der Waals surface area (Å²) in [5.41, 5.74) is 0. The molecule has 2 fully saturated rings. The summed E-state index contributed by atoms with van der Waals surface area (Å²) >= 11 is 1.62. The van der Waals surface area contributed by atoms with E-state index in [2.05, 4.69) is 0 Å². The van der Waals surface area contributed by atoms with Crippen molar-refractivity contribution in [1.29, 1.82) is 0 Å². The minimum Gasteiger partial charge on any atom is -0.490 e. The maximum absolute atomic E-state index is 12.3. The van der Waals surface area contributed by atoms with Crippen LogP contribution in [0.1, 0.15) is 19.8 Å². The van der Waals surface area contributed by atoms with Gasteiger partial charge in [0.15, 0.2) is 0 Å². The third kappa shape index (κ3) is 3.99. The third-order valence-electron chi connectivity index (χ3n) is 4.92. The molecule has 0 saturated carbocycles. The molecule has 154 valence electrons. The Hall–Kier alpha value is -1.78. The molecule has 0 radical (unpaired) electrons. The van der Waals surface area contributed by atoms with Gasteiger partial charge in [0.2, 0.25) is 15.9 Å². The molecule has 2 heterocycles. The van der Waals surface area contributed by atoms with Crippen molar-refractivity contribution in [1.82, 2.24) is 9.21 Å². The topological polar surface area (TPSA) is 93.2 Å². The van der Waals surface area contributed by atoms with Gasteiger partial charge in [-0.3, -0.25) is 4.79 Å². The van der Waals surface area contributed by atoms with Crippen LogP contribution in [-0.4, -0.2) is 73.5 Å². The van der Waals surface area contributed by atoms with Crippen LogP contribution in [-0.2, 0) is 24.3 Å². The van der Waals surface area contributed by atoms with Crippen LogP contribution in [0.5, 0.6) is 5.75 Å². The molecule has 2 atom stereocenters. The van der Waals surface area contributed by atoms with E-state index in [4.69, 9.17) is 9.47 Å². The van der Waals surface area contributed by atoms with Crippen molar-refractivity contribution in [2.24, 2.45) is 0 Å². The van der Waals surface area contributed by atoms with Crippen molar-refractivity contribution in [2.45, 2.75) is 35.6 Å². The monoisotopic (exact) mass is 428 g/mol. The number of sulfonamides is 1. The van der Waals surface area contributed by atoms with Crippen molar-refractivity contribution in [2.75, 3.05) is 33.1 Å². The fraction of sp³-hybridized carbons (Fsp3) is 0.556. The first-order valence-corrected chi connectivity index (χ1v) is 11.4.